The summed E-state index contributed by atoms with van der Waals surface area (Å²) in [6, 6.07) is 5.46. The van der Waals surface area contributed by atoms with Crippen LogP contribution in [0.5, 0.6) is 0 Å². The molecule has 1 atom stereocenters. The normalized spacial score (nSPS) is 13.9. The van der Waals surface area contributed by atoms with Crippen LogP contribution in [0.15, 0.2) is 29.2 Å². The lowest BCUT2D eigenvalue weighted by Gasteiger charge is -2.23. The lowest BCUT2D eigenvalue weighted by atomic mass is 9.87. The predicted octanol–water partition coefficient (Wildman–Crippen LogP) is 2.33. The number of carboxylic acids is 1. The quantitative estimate of drug-likeness (QED) is 0.844. The number of benzene rings is 1. The molecule has 1 aromatic rings. The number of carboxylic acid groups (broad SMARTS) is 1. The zero-order valence-corrected chi connectivity index (χ0v) is 13.4. The second kappa shape index (κ2) is 6.58. The van der Waals surface area contributed by atoms with Crippen molar-refractivity contribution in [2.24, 2.45) is 0 Å². The van der Waals surface area contributed by atoms with E-state index >= 15 is 0 Å². The molecule has 0 amide bonds. The molecule has 0 aliphatic rings. The first-order chi connectivity index (χ1) is 9.59. The van der Waals surface area contributed by atoms with Gasteiger partial charge in [0.15, 0.2) is 0 Å². The minimum absolute atomic E-state index is 0.118. The van der Waals surface area contributed by atoms with Gasteiger partial charge < -0.3 is 5.11 Å². The van der Waals surface area contributed by atoms with E-state index in [1.165, 1.54) is 6.07 Å². The third-order valence-electron chi connectivity index (χ3n) is 3.07. The Morgan fingerprint density at radius 3 is 2.38 bits per heavy atom. The molecule has 0 heterocycles. The summed E-state index contributed by atoms with van der Waals surface area (Å²) in [5.41, 5.74) is 0.285. The van der Waals surface area contributed by atoms with Crippen LogP contribution >= 0.6 is 0 Å². The fourth-order valence-electron chi connectivity index (χ4n) is 2.01. The molecule has 0 fully saturated rings. The van der Waals surface area contributed by atoms with Crippen LogP contribution in [0.25, 0.3) is 0 Å². The van der Waals surface area contributed by atoms with Crippen molar-refractivity contribution < 1.29 is 18.3 Å². The Hall–Kier alpha value is -1.40. The number of aliphatic carboxylic acids is 1. The van der Waals surface area contributed by atoms with Gasteiger partial charge in [-0.3, -0.25) is 4.79 Å². The first-order valence-electron chi connectivity index (χ1n) is 6.73. The van der Waals surface area contributed by atoms with E-state index in [1.807, 2.05) is 20.8 Å². The fraction of sp³-hybridized carbons (Fsp3) is 0.467. The van der Waals surface area contributed by atoms with Crippen LogP contribution in [-0.4, -0.2) is 25.5 Å². The molecule has 117 valence electrons. The van der Waals surface area contributed by atoms with Crippen LogP contribution in [0, 0.1) is 6.92 Å². The Kier molecular flexibility index (Phi) is 5.53. The van der Waals surface area contributed by atoms with Gasteiger partial charge in [-0.25, -0.2) is 8.42 Å². The van der Waals surface area contributed by atoms with Gasteiger partial charge in [0.05, 0.1) is 4.90 Å². The average molecular weight is 312 g/mol. The Morgan fingerprint density at radius 2 is 1.90 bits per heavy atom. The van der Waals surface area contributed by atoms with Gasteiger partial charge in [0.25, 0.3) is 0 Å². The number of hydrogen-bond donors (Lipinski definition) is 2. The second-order valence-electron chi connectivity index (χ2n) is 5.90. The molecule has 0 saturated carbocycles. The molecule has 0 spiro atoms. The first-order valence-corrected chi connectivity index (χ1v) is 8.22. The minimum Gasteiger partial charge on any atom is -0.480 e. The summed E-state index contributed by atoms with van der Waals surface area (Å²) in [6.45, 7) is 9.30. The summed E-state index contributed by atoms with van der Waals surface area (Å²) in [5.74, 6) is -1.20. The molecule has 0 bridgehead atoms. The lowest BCUT2D eigenvalue weighted by Crippen LogP contribution is -2.41. The summed E-state index contributed by atoms with van der Waals surface area (Å²) < 4.78 is 27.2. The van der Waals surface area contributed by atoms with Crippen LogP contribution in [0.1, 0.15) is 39.2 Å². The van der Waals surface area contributed by atoms with Crippen LogP contribution in [0.2, 0.25) is 0 Å². The Morgan fingerprint density at radius 1 is 1.33 bits per heavy atom. The molecule has 2 N–H and O–H groups in total. The van der Waals surface area contributed by atoms with E-state index in [9.17, 15) is 13.2 Å². The molecule has 1 aromatic carbocycles. The molecule has 6 heteroatoms. The maximum Gasteiger partial charge on any atom is 0.321 e. The second-order valence-corrected chi connectivity index (χ2v) is 7.58. The van der Waals surface area contributed by atoms with Crippen molar-refractivity contribution in [2.45, 2.75) is 50.0 Å². The average Bonchev–Trinajstić information content (AvgIpc) is 2.37. The Labute approximate surface area is 126 Å². The standard InChI is InChI=1S/C15H22NO4S/c1-5-8-12(14(17)18)16-21(19,20)13-10-7-6-9-11(13)15(2,3)4/h6-7,9-10,12,16H,1,5,8H2,2-4H3,(H,17,18). The summed E-state index contributed by atoms with van der Waals surface area (Å²) in [6.07, 6.45) is 0.479. The van der Waals surface area contributed by atoms with Gasteiger partial charge in [-0.2, -0.15) is 4.72 Å². The zero-order chi connectivity index (χ0) is 16.3. The van der Waals surface area contributed by atoms with Crippen molar-refractivity contribution in [1.29, 1.82) is 0 Å². The third-order valence-corrected chi connectivity index (χ3v) is 4.60. The van der Waals surface area contributed by atoms with E-state index in [2.05, 4.69) is 11.6 Å². The highest BCUT2D eigenvalue weighted by atomic mass is 32.2. The number of carbonyl (C=O) groups is 1. The van der Waals surface area contributed by atoms with E-state index in [0.29, 0.717) is 12.0 Å². The lowest BCUT2D eigenvalue weighted by molar-refractivity contribution is -0.139. The fourth-order valence-corrected chi connectivity index (χ4v) is 3.65. The van der Waals surface area contributed by atoms with Crippen molar-refractivity contribution in [2.75, 3.05) is 0 Å². The largest absolute Gasteiger partial charge is 0.480 e. The third kappa shape index (κ3) is 4.54. The predicted molar refractivity (Wildman–Crippen MR) is 81.5 cm³/mol. The highest BCUT2D eigenvalue weighted by Crippen LogP contribution is 2.28. The minimum atomic E-state index is -3.90. The van der Waals surface area contributed by atoms with Gasteiger partial charge in [-0.15, -0.1) is 0 Å². The van der Waals surface area contributed by atoms with Crippen LogP contribution in [-0.2, 0) is 20.2 Å². The van der Waals surface area contributed by atoms with E-state index in [4.69, 9.17) is 5.11 Å². The molecule has 1 unspecified atom stereocenters. The smallest absolute Gasteiger partial charge is 0.321 e. The van der Waals surface area contributed by atoms with Crippen molar-refractivity contribution in [3.8, 4) is 0 Å². The molecule has 0 aromatic heterocycles. The Balaban J connectivity index is 3.23. The van der Waals surface area contributed by atoms with Crippen LogP contribution in [0.4, 0.5) is 0 Å². The molecule has 0 aliphatic heterocycles. The SMILES string of the molecule is [CH2]CCC(NS(=O)(=O)c1ccccc1C(C)(C)C)C(=O)O. The van der Waals surface area contributed by atoms with E-state index in [1.54, 1.807) is 18.2 Å². The molecule has 21 heavy (non-hydrogen) atoms. The van der Waals surface area contributed by atoms with Gasteiger partial charge in [-0.05, 0) is 23.5 Å². The van der Waals surface area contributed by atoms with Crippen LogP contribution < -0.4 is 4.72 Å². The van der Waals surface area contributed by atoms with Gasteiger partial charge in [0.2, 0.25) is 10.0 Å². The van der Waals surface area contributed by atoms with Crippen molar-refractivity contribution in [3.63, 3.8) is 0 Å². The summed E-state index contributed by atoms with van der Waals surface area (Å²) >= 11 is 0. The maximum absolute atomic E-state index is 12.5. The van der Waals surface area contributed by atoms with E-state index in [-0.39, 0.29) is 16.7 Å². The summed E-state index contributed by atoms with van der Waals surface area (Å²) in [4.78, 5) is 11.2. The van der Waals surface area contributed by atoms with Crippen molar-refractivity contribution >= 4 is 16.0 Å². The van der Waals surface area contributed by atoms with Gasteiger partial charge in [0.1, 0.15) is 6.04 Å². The van der Waals surface area contributed by atoms with Gasteiger partial charge >= 0.3 is 5.97 Å². The summed E-state index contributed by atoms with van der Waals surface area (Å²) in [7, 11) is -3.90. The molecular formula is C15H22NO4S. The topological polar surface area (TPSA) is 83.5 Å². The van der Waals surface area contributed by atoms with Crippen LogP contribution in [0.3, 0.4) is 0 Å². The molecule has 0 aliphatic carbocycles. The van der Waals surface area contributed by atoms with Crippen molar-refractivity contribution in [3.05, 3.63) is 36.8 Å². The van der Waals surface area contributed by atoms with Gasteiger partial charge in [-0.1, -0.05) is 52.3 Å². The molecule has 0 saturated heterocycles. The van der Waals surface area contributed by atoms with Gasteiger partial charge in [0, 0.05) is 0 Å². The number of sulfonamides is 1. The molecule has 1 radical (unpaired) electrons. The number of hydrogen-bond acceptors (Lipinski definition) is 3. The van der Waals surface area contributed by atoms with E-state index in [0.717, 1.165) is 0 Å². The highest BCUT2D eigenvalue weighted by molar-refractivity contribution is 7.89. The molecule has 5 nitrogen and oxygen atoms in total. The number of rotatable bonds is 6. The molecule has 1 rings (SSSR count). The first kappa shape index (κ1) is 17.7. The van der Waals surface area contributed by atoms with E-state index < -0.39 is 22.0 Å². The zero-order valence-electron chi connectivity index (χ0n) is 12.6. The summed E-state index contributed by atoms with van der Waals surface area (Å²) in [5, 5.41) is 9.09. The highest BCUT2D eigenvalue weighted by Gasteiger charge is 2.29. The Bertz CT molecular complexity index is 602. The molecular weight excluding hydrogens is 290 g/mol. The monoisotopic (exact) mass is 312 g/mol. The number of nitrogens with one attached hydrogen (secondary N) is 1. The van der Waals surface area contributed by atoms with Crippen molar-refractivity contribution in [1.82, 2.24) is 4.72 Å². The maximum atomic E-state index is 12.5.